The van der Waals surface area contributed by atoms with Gasteiger partial charge in [-0.1, -0.05) is 67.0 Å². The standard InChI is InChI=1S/C17H18BNO2/c1-2-17(16(20)21,14-8-4-3-5-9-14)19-12-13-7-6-10-15(18)11-13/h3-11,19H,2,12H2,1H3,(H,20,21). The summed E-state index contributed by atoms with van der Waals surface area (Å²) in [4.78, 5) is 11.9. The maximum atomic E-state index is 11.9. The molecule has 0 spiro atoms. The van der Waals surface area contributed by atoms with Gasteiger partial charge >= 0.3 is 5.97 Å². The van der Waals surface area contributed by atoms with Crippen molar-refractivity contribution in [3.05, 3.63) is 65.7 Å². The van der Waals surface area contributed by atoms with Gasteiger partial charge in [-0.2, -0.15) is 0 Å². The molecule has 0 aliphatic rings. The van der Waals surface area contributed by atoms with Crippen LogP contribution in [0.3, 0.4) is 0 Å². The van der Waals surface area contributed by atoms with Crippen LogP contribution >= 0.6 is 0 Å². The van der Waals surface area contributed by atoms with Gasteiger partial charge in [0.05, 0.1) is 0 Å². The third-order valence-corrected chi connectivity index (χ3v) is 3.71. The first-order valence-electron chi connectivity index (χ1n) is 6.97. The lowest BCUT2D eigenvalue weighted by atomic mass is 9.86. The van der Waals surface area contributed by atoms with Crippen LogP contribution in [0.5, 0.6) is 0 Å². The lowest BCUT2D eigenvalue weighted by Gasteiger charge is -2.30. The molecule has 1 unspecified atom stereocenters. The van der Waals surface area contributed by atoms with Crippen molar-refractivity contribution in [2.24, 2.45) is 0 Å². The van der Waals surface area contributed by atoms with E-state index in [0.29, 0.717) is 18.4 Å². The minimum Gasteiger partial charge on any atom is -0.480 e. The summed E-state index contributed by atoms with van der Waals surface area (Å²) >= 11 is 0. The number of carboxylic acid groups (broad SMARTS) is 1. The lowest BCUT2D eigenvalue weighted by Crippen LogP contribution is -2.48. The van der Waals surface area contributed by atoms with Gasteiger partial charge in [0.15, 0.2) is 0 Å². The maximum absolute atomic E-state index is 11.9. The second kappa shape index (κ2) is 6.59. The van der Waals surface area contributed by atoms with E-state index in [1.165, 1.54) is 0 Å². The topological polar surface area (TPSA) is 49.3 Å². The fourth-order valence-electron chi connectivity index (χ4n) is 2.46. The van der Waals surface area contributed by atoms with Crippen LogP contribution in [0.25, 0.3) is 0 Å². The van der Waals surface area contributed by atoms with E-state index < -0.39 is 11.5 Å². The number of carboxylic acids is 1. The van der Waals surface area contributed by atoms with Crippen LogP contribution < -0.4 is 10.8 Å². The van der Waals surface area contributed by atoms with E-state index >= 15 is 0 Å². The van der Waals surface area contributed by atoms with E-state index in [4.69, 9.17) is 7.85 Å². The van der Waals surface area contributed by atoms with Gasteiger partial charge in [0, 0.05) is 6.54 Å². The van der Waals surface area contributed by atoms with Crippen LogP contribution in [0.15, 0.2) is 54.6 Å². The summed E-state index contributed by atoms with van der Waals surface area (Å²) in [7, 11) is 5.76. The Balaban J connectivity index is 2.27. The summed E-state index contributed by atoms with van der Waals surface area (Å²) in [5.74, 6) is -0.875. The summed E-state index contributed by atoms with van der Waals surface area (Å²) in [5.41, 5.74) is 1.30. The molecule has 0 aromatic heterocycles. The van der Waals surface area contributed by atoms with Crippen molar-refractivity contribution < 1.29 is 9.90 Å². The zero-order chi connectivity index (χ0) is 15.3. The molecular weight excluding hydrogens is 261 g/mol. The van der Waals surface area contributed by atoms with Crippen LogP contribution in [0, 0.1) is 0 Å². The number of rotatable bonds is 6. The normalized spacial score (nSPS) is 13.6. The Labute approximate surface area is 126 Å². The quantitative estimate of drug-likeness (QED) is 0.795. The molecule has 0 fully saturated rings. The molecule has 0 heterocycles. The zero-order valence-corrected chi connectivity index (χ0v) is 12.0. The highest BCUT2D eigenvalue weighted by Crippen LogP contribution is 2.26. The molecule has 0 bridgehead atoms. The first kappa shape index (κ1) is 15.3. The monoisotopic (exact) mass is 279 g/mol. The van der Waals surface area contributed by atoms with Crippen molar-refractivity contribution in [3.63, 3.8) is 0 Å². The van der Waals surface area contributed by atoms with Gasteiger partial charge < -0.3 is 5.11 Å². The molecule has 2 N–H and O–H groups in total. The second-order valence-electron chi connectivity index (χ2n) is 5.03. The fourth-order valence-corrected chi connectivity index (χ4v) is 2.46. The van der Waals surface area contributed by atoms with Crippen LogP contribution in [-0.4, -0.2) is 18.9 Å². The van der Waals surface area contributed by atoms with Crippen molar-refractivity contribution in [1.82, 2.24) is 5.32 Å². The molecule has 106 valence electrons. The van der Waals surface area contributed by atoms with E-state index in [0.717, 1.165) is 11.1 Å². The van der Waals surface area contributed by atoms with Gasteiger partial charge in [-0.05, 0) is 17.5 Å². The van der Waals surface area contributed by atoms with Crippen molar-refractivity contribution in [1.29, 1.82) is 0 Å². The lowest BCUT2D eigenvalue weighted by molar-refractivity contribution is -0.145. The predicted molar refractivity (Wildman–Crippen MR) is 84.7 cm³/mol. The third kappa shape index (κ3) is 3.34. The highest BCUT2D eigenvalue weighted by Gasteiger charge is 2.37. The van der Waals surface area contributed by atoms with E-state index in [2.05, 4.69) is 5.32 Å². The number of carbonyl (C=O) groups is 1. The summed E-state index contributed by atoms with van der Waals surface area (Å²) in [6, 6.07) is 16.7. The van der Waals surface area contributed by atoms with Crippen molar-refractivity contribution >= 4 is 19.3 Å². The number of benzene rings is 2. The molecule has 0 aliphatic heterocycles. The Morgan fingerprint density at radius 2 is 1.90 bits per heavy atom. The highest BCUT2D eigenvalue weighted by atomic mass is 16.4. The van der Waals surface area contributed by atoms with E-state index in [-0.39, 0.29) is 0 Å². The Kier molecular flexibility index (Phi) is 4.81. The second-order valence-corrected chi connectivity index (χ2v) is 5.03. The van der Waals surface area contributed by atoms with E-state index in [1.807, 2.05) is 61.5 Å². The van der Waals surface area contributed by atoms with E-state index in [9.17, 15) is 9.90 Å². The Hall–Kier alpha value is -2.07. The van der Waals surface area contributed by atoms with Gasteiger partial charge in [-0.15, -0.1) is 0 Å². The molecule has 2 aromatic carbocycles. The molecule has 1 atom stereocenters. The molecule has 2 aromatic rings. The first-order valence-corrected chi connectivity index (χ1v) is 6.97. The number of hydrogen-bond donors (Lipinski definition) is 2. The average molecular weight is 279 g/mol. The van der Waals surface area contributed by atoms with Crippen molar-refractivity contribution in [2.75, 3.05) is 0 Å². The van der Waals surface area contributed by atoms with E-state index in [1.54, 1.807) is 0 Å². The van der Waals surface area contributed by atoms with Gasteiger partial charge in [0.25, 0.3) is 0 Å². The molecule has 0 saturated heterocycles. The SMILES string of the molecule is [B]c1cccc(CNC(CC)(C(=O)O)c2ccccc2)c1. The molecule has 0 amide bonds. The molecule has 0 saturated carbocycles. The highest BCUT2D eigenvalue weighted by molar-refractivity contribution is 6.32. The molecule has 2 radical (unpaired) electrons. The molecule has 3 nitrogen and oxygen atoms in total. The molecule has 0 aliphatic carbocycles. The van der Waals surface area contributed by atoms with Gasteiger partial charge in [0.1, 0.15) is 13.4 Å². The van der Waals surface area contributed by atoms with Crippen LogP contribution in [-0.2, 0) is 16.9 Å². The average Bonchev–Trinajstić information content (AvgIpc) is 2.49. The predicted octanol–water partition coefficient (Wildman–Crippen LogP) is 1.96. The minimum atomic E-state index is -1.09. The van der Waals surface area contributed by atoms with Crippen molar-refractivity contribution in [2.45, 2.75) is 25.4 Å². The summed E-state index contributed by atoms with van der Waals surface area (Å²) in [5, 5.41) is 12.9. The molecule has 21 heavy (non-hydrogen) atoms. The molecule has 4 heteroatoms. The smallest absolute Gasteiger partial charge is 0.328 e. The fraction of sp³-hybridized carbons (Fsp3) is 0.235. The van der Waals surface area contributed by atoms with Gasteiger partial charge in [-0.3, -0.25) is 5.32 Å². The Bertz CT molecular complexity index is 615. The summed E-state index contributed by atoms with van der Waals surface area (Å²) in [6.45, 7) is 2.31. The number of hydrogen-bond acceptors (Lipinski definition) is 2. The minimum absolute atomic E-state index is 0.445. The Morgan fingerprint density at radius 1 is 1.19 bits per heavy atom. The number of nitrogens with one attached hydrogen (secondary N) is 1. The van der Waals surface area contributed by atoms with Gasteiger partial charge in [0.2, 0.25) is 0 Å². The Morgan fingerprint density at radius 3 is 2.48 bits per heavy atom. The van der Waals surface area contributed by atoms with Crippen LogP contribution in [0.2, 0.25) is 0 Å². The molecular formula is C17H18BNO2. The third-order valence-electron chi connectivity index (χ3n) is 3.71. The molecule has 2 rings (SSSR count). The maximum Gasteiger partial charge on any atom is 0.328 e. The van der Waals surface area contributed by atoms with Crippen LogP contribution in [0.4, 0.5) is 0 Å². The van der Waals surface area contributed by atoms with Crippen molar-refractivity contribution in [3.8, 4) is 0 Å². The summed E-state index contributed by atoms with van der Waals surface area (Å²) < 4.78 is 0. The zero-order valence-electron chi connectivity index (χ0n) is 12.0. The first-order chi connectivity index (χ1) is 10.1. The summed E-state index contributed by atoms with van der Waals surface area (Å²) in [6.07, 6.45) is 0.453. The largest absolute Gasteiger partial charge is 0.480 e. The number of aliphatic carboxylic acids is 1. The van der Waals surface area contributed by atoms with Crippen LogP contribution in [0.1, 0.15) is 24.5 Å². The van der Waals surface area contributed by atoms with Gasteiger partial charge in [-0.25, -0.2) is 4.79 Å².